The van der Waals surface area contributed by atoms with Gasteiger partial charge in [-0.05, 0) is 50.0 Å². The molecule has 0 unspecified atom stereocenters. The molecule has 2 rings (SSSR count). The number of hydrogen-bond donors (Lipinski definition) is 0. The highest BCUT2D eigenvalue weighted by Crippen LogP contribution is 2.33. The first-order chi connectivity index (χ1) is 8.15. The summed E-state index contributed by atoms with van der Waals surface area (Å²) in [5.74, 6) is 1.81. The second kappa shape index (κ2) is 5.53. The first-order valence-electron chi connectivity index (χ1n) is 6.91. The summed E-state index contributed by atoms with van der Waals surface area (Å²) >= 11 is 0. The molecular formula is C17H24. The minimum Gasteiger partial charge on any atom is -0.0696 e. The Bertz CT molecular complexity index is 371. The predicted molar refractivity (Wildman–Crippen MR) is 76.0 cm³/mol. The molecule has 1 aromatic carbocycles. The van der Waals surface area contributed by atoms with Crippen LogP contribution in [0.5, 0.6) is 0 Å². The molecule has 0 spiro atoms. The Labute approximate surface area is 106 Å². The van der Waals surface area contributed by atoms with Gasteiger partial charge in [-0.2, -0.15) is 0 Å². The molecule has 1 saturated carbocycles. The summed E-state index contributed by atoms with van der Waals surface area (Å²) in [7, 11) is 0. The molecule has 0 radical (unpaired) electrons. The van der Waals surface area contributed by atoms with Crippen LogP contribution in [0.15, 0.2) is 29.8 Å². The minimum absolute atomic E-state index is 0.857. The van der Waals surface area contributed by atoms with E-state index in [1.165, 1.54) is 36.8 Å². The van der Waals surface area contributed by atoms with Crippen molar-refractivity contribution in [3.8, 4) is 0 Å². The minimum atomic E-state index is 0.857. The van der Waals surface area contributed by atoms with E-state index in [1.807, 2.05) is 0 Å². The van der Waals surface area contributed by atoms with E-state index >= 15 is 0 Å². The molecule has 0 bridgehead atoms. The fourth-order valence-corrected chi connectivity index (χ4v) is 2.72. The quantitative estimate of drug-likeness (QED) is 0.650. The summed E-state index contributed by atoms with van der Waals surface area (Å²) in [6.07, 6.45) is 7.77. The van der Waals surface area contributed by atoms with Crippen molar-refractivity contribution in [3.05, 3.63) is 41.0 Å². The van der Waals surface area contributed by atoms with Gasteiger partial charge >= 0.3 is 0 Å². The van der Waals surface area contributed by atoms with Crippen LogP contribution in [0.3, 0.4) is 0 Å². The van der Waals surface area contributed by atoms with Crippen LogP contribution in [0, 0.1) is 18.8 Å². The van der Waals surface area contributed by atoms with Crippen molar-refractivity contribution in [2.24, 2.45) is 11.8 Å². The maximum atomic E-state index is 2.40. The third kappa shape index (κ3) is 3.46. The van der Waals surface area contributed by atoms with E-state index in [4.69, 9.17) is 0 Å². The fraction of sp³-hybridized carbons (Fsp3) is 0.529. The van der Waals surface area contributed by atoms with Crippen LogP contribution in [-0.4, -0.2) is 0 Å². The normalized spacial score (nSPS) is 20.7. The van der Waals surface area contributed by atoms with E-state index in [2.05, 4.69) is 51.1 Å². The summed E-state index contributed by atoms with van der Waals surface area (Å²) in [5, 5.41) is 0. The van der Waals surface area contributed by atoms with Gasteiger partial charge in [0, 0.05) is 0 Å². The third-order valence-corrected chi connectivity index (χ3v) is 4.06. The molecule has 1 aliphatic rings. The van der Waals surface area contributed by atoms with E-state index in [-0.39, 0.29) is 0 Å². The smallest absolute Gasteiger partial charge is 0.0257 e. The first-order valence-corrected chi connectivity index (χ1v) is 6.91. The molecular weight excluding hydrogens is 204 g/mol. The maximum Gasteiger partial charge on any atom is -0.0257 e. The number of benzene rings is 1. The molecule has 0 saturated heterocycles. The van der Waals surface area contributed by atoms with Gasteiger partial charge in [0.1, 0.15) is 0 Å². The Morgan fingerprint density at radius 3 is 2.18 bits per heavy atom. The monoisotopic (exact) mass is 228 g/mol. The van der Waals surface area contributed by atoms with Crippen LogP contribution >= 0.6 is 0 Å². The van der Waals surface area contributed by atoms with E-state index < -0.39 is 0 Å². The maximum absolute atomic E-state index is 2.40. The second-order valence-corrected chi connectivity index (χ2v) is 5.79. The van der Waals surface area contributed by atoms with Crippen LogP contribution in [0.25, 0.3) is 6.08 Å². The summed E-state index contributed by atoms with van der Waals surface area (Å²) < 4.78 is 0. The van der Waals surface area contributed by atoms with Gasteiger partial charge in [-0.15, -0.1) is 0 Å². The highest BCUT2D eigenvalue weighted by molar-refractivity contribution is 5.53. The Kier molecular flexibility index (Phi) is 4.04. The molecule has 92 valence electrons. The summed E-state index contributed by atoms with van der Waals surface area (Å²) in [6.45, 7) is 6.86. The molecule has 0 heteroatoms. The summed E-state index contributed by atoms with van der Waals surface area (Å²) in [5.41, 5.74) is 4.36. The number of rotatable bonds is 2. The van der Waals surface area contributed by atoms with E-state index in [1.54, 1.807) is 5.57 Å². The number of hydrogen-bond acceptors (Lipinski definition) is 0. The predicted octanol–water partition coefficient (Wildman–Crippen LogP) is 5.22. The zero-order chi connectivity index (χ0) is 12.3. The SMILES string of the molecule is Cc1ccc(C=C2CCC(C(C)C)CC2)cc1. The third-order valence-electron chi connectivity index (χ3n) is 4.06. The van der Waals surface area contributed by atoms with Crippen molar-refractivity contribution >= 4 is 6.08 Å². The average Bonchev–Trinajstić information content (AvgIpc) is 2.33. The highest BCUT2D eigenvalue weighted by Gasteiger charge is 2.18. The largest absolute Gasteiger partial charge is 0.0696 e. The van der Waals surface area contributed by atoms with Crippen LogP contribution in [0.1, 0.15) is 50.7 Å². The van der Waals surface area contributed by atoms with Gasteiger partial charge in [-0.25, -0.2) is 0 Å². The molecule has 0 nitrogen and oxygen atoms in total. The van der Waals surface area contributed by atoms with Gasteiger partial charge in [0.05, 0.1) is 0 Å². The highest BCUT2D eigenvalue weighted by atomic mass is 14.2. The fourth-order valence-electron chi connectivity index (χ4n) is 2.72. The molecule has 0 amide bonds. The second-order valence-electron chi connectivity index (χ2n) is 5.79. The molecule has 0 aliphatic heterocycles. The van der Waals surface area contributed by atoms with Gasteiger partial charge in [-0.3, -0.25) is 0 Å². The van der Waals surface area contributed by atoms with E-state index in [0.717, 1.165) is 11.8 Å². The number of allylic oxidation sites excluding steroid dienone is 1. The lowest BCUT2D eigenvalue weighted by Crippen LogP contribution is -2.13. The lowest BCUT2D eigenvalue weighted by molar-refractivity contribution is 0.312. The molecule has 1 fully saturated rings. The lowest BCUT2D eigenvalue weighted by atomic mass is 9.79. The molecule has 1 aliphatic carbocycles. The summed E-state index contributed by atoms with van der Waals surface area (Å²) in [6, 6.07) is 8.87. The Balaban J connectivity index is 1.98. The first kappa shape index (κ1) is 12.4. The van der Waals surface area contributed by atoms with Crippen molar-refractivity contribution in [1.29, 1.82) is 0 Å². The Hall–Kier alpha value is -1.04. The van der Waals surface area contributed by atoms with Crippen LogP contribution < -0.4 is 0 Å². The van der Waals surface area contributed by atoms with Crippen LogP contribution in [0.4, 0.5) is 0 Å². The van der Waals surface area contributed by atoms with E-state index in [9.17, 15) is 0 Å². The summed E-state index contributed by atoms with van der Waals surface area (Å²) in [4.78, 5) is 0. The van der Waals surface area contributed by atoms with Crippen LogP contribution in [-0.2, 0) is 0 Å². The Morgan fingerprint density at radius 2 is 1.65 bits per heavy atom. The standard InChI is InChI=1S/C17H24/c1-13(2)17-10-8-16(9-11-17)12-15-6-4-14(3)5-7-15/h4-7,12-13,17H,8-11H2,1-3H3. The molecule has 17 heavy (non-hydrogen) atoms. The lowest BCUT2D eigenvalue weighted by Gasteiger charge is -2.27. The van der Waals surface area contributed by atoms with Gasteiger partial charge in [0.15, 0.2) is 0 Å². The van der Waals surface area contributed by atoms with Crippen molar-refractivity contribution in [2.75, 3.05) is 0 Å². The van der Waals surface area contributed by atoms with Crippen molar-refractivity contribution < 1.29 is 0 Å². The van der Waals surface area contributed by atoms with E-state index in [0.29, 0.717) is 0 Å². The molecule has 0 aromatic heterocycles. The van der Waals surface area contributed by atoms with Crippen LogP contribution in [0.2, 0.25) is 0 Å². The van der Waals surface area contributed by atoms with Crippen molar-refractivity contribution in [3.63, 3.8) is 0 Å². The number of aryl methyl sites for hydroxylation is 1. The molecule has 1 aromatic rings. The topological polar surface area (TPSA) is 0 Å². The van der Waals surface area contributed by atoms with Crippen molar-refractivity contribution in [2.45, 2.75) is 46.5 Å². The zero-order valence-corrected chi connectivity index (χ0v) is 11.4. The van der Waals surface area contributed by atoms with Gasteiger partial charge in [-0.1, -0.05) is 55.3 Å². The molecule has 0 atom stereocenters. The molecule has 0 N–H and O–H groups in total. The van der Waals surface area contributed by atoms with Gasteiger partial charge in [0.2, 0.25) is 0 Å². The van der Waals surface area contributed by atoms with Gasteiger partial charge < -0.3 is 0 Å². The van der Waals surface area contributed by atoms with Crippen molar-refractivity contribution in [1.82, 2.24) is 0 Å². The molecule has 0 heterocycles. The Morgan fingerprint density at radius 1 is 1.06 bits per heavy atom. The zero-order valence-electron chi connectivity index (χ0n) is 11.4. The average molecular weight is 228 g/mol. The van der Waals surface area contributed by atoms with Gasteiger partial charge in [0.25, 0.3) is 0 Å².